The molecule has 0 amide bonds. The van der Waals surface area contributed by atoms with Crippen LogP contribution in [0.15, 0.2) is 53.5 Å². The Morgan fingerprint density at radius 3 is 2.54 bits per heavy atom. The van der Waals surface area contributed by atoms with Crippen LogP contribution in [0.25, 0.3) is 0 Å². The van der Waals surface area contributed by atoms with Crippen molar-refractivity contribution in [2.75, 3.05) is 28.8 Å². The first-order valence-electron chi connectivity index (χ1n) is 8.75. The first-order valence-corrected chi connectivity index (χ1v) is 12.3. The maximum absolute atomic E-state index is 12.1. The Morgan fingerprint density at radius 1 is 1.11 bits per heavy atom. The summed E-state index contributed by atoms with van der Waals surface area (Å²) in [5.41, 5.74) is 0.761. The molecule has 0 bridgehead atoms. The van der Waals surface area contributed by atoms with Crippen LogP contribution >= 0.6 is 35.0 Å². The van der Waals surface area contributed by atoms with E-state index in [1.54, 1.807) is 30.0 Å². The molecule has 2 aromatic carbocycles. The minimum atomic E-state index is -3.10. The summed E-state index contributed by atoms with van der Waals surface area (Å²) in [6, 6.07) is 14.4. The Hall–Kier alpha value is -1.41. The zero-order valence-corrected chi connectivity index (χ0v) is 17.9. The van der Waals surface area contributed by atoms with Crippen LogP contribution in [-0.4, -0.2) is 49.5 Å². The van der Waals surface area contributed by atoms with Gasteiger partial charge in [-0.3, -0.25) is 4.99 Å². The van der Waals surface area contributed by atoms with Gasteiger partial charge in [-0.1, -0.05) is 53.2 Å². The molecule has 0 saturated carbocycles. The van der Waals surface area contributed by atoms with Gasteiger partial charge in [0.15, 0.2) is 15.0 Å². The molecule has 0 radical (unpaired) electrons. The number of benzene rings is 2. The second kappa shape index (κ2) is 8.14. The summed E-state index contributed by atoms with van der Waals surface area (Å²) in [5, 5.41) is 1.78. The number of sulfone groups is 1. The standard InChI is InChI=1S/C19H18Cl2N2O3S2/c20-13-8-14(21)10-15(9-13)23-18-12-28(24,25)11-17(18)22-19(23)27-7-6-26-16-4-2-1-3-5-16/h1-5,8-10,17-18H,6-7,11-12H2/t17-,18+/m1/s1. The lowest BCUT2D eigenvalue weighted by atomic mass is 10.1. The normalized spacial score (nSPS) is 22.8. The summed E-state index contributed by atoms with van der Waals surface area (Å²) in [5.74, 6) is 1.66. The van der Waals surface area contributed by atoms with Crippen LogP contribution in [0.5, 0.6) is 5.75 Å². The zero-order valence-electron chi connectivity index (χ0n) is 14.8. The first-order chi connectivity index (χ1) is 13.4. The molecule has 4 rings (SSSR count). The van der Waals surface area contributed by atoms with Crippen molar-refractivity contribution in [3.8, 4) is 5.75 Å². The highest BCUT2D eigenvalue weighted by atomic mass is 35.5. The molecule has 0 spiro atoms. The second-order valence-corrected chi connectivity index (χ2v) is 10.7. The van der Waals surface area contributed by atoms with Crippen molar-refractivity contribution in [2.45, 2.75) is 12.1 Å². The number of anilines is 1. The number of para-hydroxylation sites is 1. The maximum atomic E-state index is 12.1. The minimum Gasteiger partial charge on any atom is -0.493 e. The SMILES string of the molecule is O=S1(=O)C[C@H]2N=C(SCCOc3ccccc3)N(c3cc(Cl)cc(Cl)c3)[C@H]2C1. The van der Waals surface area contributed by atoms with E-state index in [2.05, 4.69) is 0 Å². The molecule has 148 valence electrons. The number of thioether (sulfide) groups is 1. The van der Waals surface area contributed by atoms with Crippen LogP contribution in [0, 0.1) is 0 Å². The van der Waals surface area contributed by atoms with Crippen LogP contribution in [-0.2, 0) is 9.84 Å². The second-order valence-electron chi connectivity index (χ2n) is 6.63. The summed E-state index contributed by atoms with van der Waals surface area (Å²) in [6.45, 7) is 0.519. The van der Waals surface area contributed by atoms with E-state index in [9.17, 15) is 8.42 Å². The van der Waals surface area contributed by atoms with Crippen LogP contribution in [0.4, 0.5) is 5.69 Å². The fourth-order valence-electron chi connectivity index (χ4n) is 3.42. The van der Waals surface area contributed by atoms with E-state index in [1.165, 1.54) is 0 Å². The van der Waals surface area contributed by atoms with Gasteiger partial charge >= 0.3 is 0 Å². The highest BCUT2D eigenvalue weighted by Gasteiger charge is 2.47. The lowest BCUT2D eigenvalue weighted by Gasteiger charge is -2.26. The fraction of sp³-hybridized carbons (Fsp3) is 0.316. The van der Waals surface area contributed by atoms with Crippen molar-refractivity contribution in [1.82, 2.24) is 0 Å². The van der Waals surface area contributed by atoms with E-state index >= 15 is 0 Å². The maximum Gasteiger partial charge on any atom is 0.164 e. The molecule has 0 N–H and O–H groups in total. The van der Waals surface area contributed by atoms with E-state index in [4.69, 9.17) is 32.9 Å². The van der Waals surface area contributed by atoms with Gasteiger partial charge in [0.25, 0.3) is 0 Å². The lowest BCUT2D eigenvalue weighted by molar-refractivity contribution is 0.344. The number of aliphatic imine (C=N–C) groups is 1. The number of fused-ring (bicyclic) bond motifs is 1. The summed E-state index contributed by atoms with van der Waals surface area (Å²) in [4.78, 5) is 6.65. The Labute approximate surface area is 178 Å². The van der Waals surface area contributed by atoms with Crippen molar-refractivity contribution in [3.05, 3.63) is 58.6 Å². The average Bonchev–Trinajstić information content (AvgIpc) is 3.09. The molecule has 2 aliphatic heterocycles. The largest absolute Gasteiger partial charge is 0.493 e. The number of hydrogen-bond acceptors (Lipinski definition) is 6. The Bertz CT molecular complexity index is 979. The van der Waals surface area contributed by atoms with Crippen molar-refractivity contribution in [1.29, 1.82) is 0 Å². The number of halogens is 2. The van der Waals surface area contributed by atoms with Crippen LogP contribution in [0.2, 0.25) is 10.0 Å². The summed E-state index contributed by atoms with van der Waals surface area (Å²) in [6.07, 6.45) is 0. The third-order valence-corrected chi connectivity index (χ3v) is 7.63. The Balaban J connectivity index is 1.50. The van der Waals surface area contributed by atoms with Gasteiger partial charge < -0.3 is 9.64 Å². The number of ether oxygens (including phenoxy) is 1. The molecule has 2 aromatic rings. The van der Waals surface area contributed by atoms with Gasteiger partial charge in [-0.25, -0.2) is 8.42 Å². The molecule has 0 aromatic heterocycles. The summed E-state index contributed by atoms with van der Waals surface area (Å²) < 4.78 is 29.9. The third kappa shape index (κ3) is 4.43. The molecule has 9 heteroatoms. The number of hydrogen-bond donors (Lipinski definition) is 0. The van der Waals surface area contributed by atoms with E-state index in [0.717, 1.165) is 16.6 Å². The zero-order chi connectivity index (χ0) is 19.7. The van der Waals surface area contributed by atoms with Gasteiger partial charge in [-0.2, -0.15) is 0 Å². The van der Waals surface area contributed by atoms with E-state index in [0.29, 0.717) is 22.4 Å². The van der Waals surface area contributed by atoms with E-state index < -0.39 is 9.84 Å². The van der Waals surface area contributed by atoms with Crippen molar-refractivity contribution in [2.24, 2.45) is 4.99 Å². The summed E-state index contributed by atoms with van der Waals surface area (Å²) >= 11 is 13.9. The van der Waals surface area contributed by atoms with Crippen molar-refractivity contribution < 1.29 is 13.2 Å². The first kappa shape index (κ1) is 19.9. The molecule has 2 aliphatic rings. The molecule has 28 heavy (non-hydrogen) atoms. The van der Waals surface area contributed by atoms with Gasteiger partial charge in [0.1, 0.15) is 5.75 Å². The quantitative estimate of drug-likeness (QED) is 0.632. The minimum absolute atomic E-state index is 0.0764. The number of amidine groups is 1. The summed E-state index contributed by atoms with van der Waals surface area (Å²) in [7, 11) is -3.10. The Kier molecular flexibility index (Phi) is 5.78. The van der Waals surface area contributed by atoms with Crippen LogP contribution < -0.4 is 9.64 Å². The molecule has 2 heterocycles. The molecule has 1 saturated heterocycles. The van der Waals surface area contributed by atoms with Gasteiger partial charge in [0.2, 0.25) is 0 Å². The predicted molar refractivity (Wildman–Crippen MR) is 117 cm³/mol. The third-order valence-electron chi connectivity index (χ3n) is 4.56. The average molecular weight is 457 g/mol. The predicted octanol–water partition coefficient (Wildman–Crippen LogP) is 4.15. The highest BCUT2D eigenvalue weighted by Crippen LogP contribution is 2.37. The highest BCUT2D eigenvalue weighted by molar-refractivity contribution is 8.14. The number of rotatable bonds is 5. The Morgan fingerprint density at radius 2 is 1.82 bits per heavy atom. The molecule has 5 nitrogen and oxygen atoms in total. The van der Waals surface area contributed by atoms with Crippen LogP contribution in [0.3, 0.4) is 0 Å². The fourth-order valence-corrected chi connectivity index (χ4v) is 6.72. The number of nitrogens with zero attached hydrogens (tertiary/aromatic N) is 2. The van der Waals surface area contributed by atoms with Crippen molar-refractivity contribution in [3.63, 3.8) is 0 Å². The smallest absolute Gasteiger partial charge is 0.164 e. The van der Waals surface area contributed by atoms with Gasteiger partial charge in [-0.05, 0) is 30.3 Å². The van der Waals surface area contributed by atoms with Gasteiger partial charge in [0.05, 0.1) is 30.2 Å². The topological polar surface area (TPSA) is 59.0 Å². The monoisotopic (exact) mass is 456 g/mol. The van der Waals surface area contributed by atoms with Gasteiger partial charge in [0, 0.05) is 21.5 Å². The molecule has 1 fully saturated rings. The molecule has 2 atom stereocenters. The molecular weight excluding hydrogens is 439 g/mol. The lowest BCUT2D eigenvalue weighted by Crippen LogP contribution is -2.39. The van der Waals surface area contributed by atoms with E-state index in [-0.39, 0.29) is 23.6 Å². The van der Waals surface area contributed by atoms with Gasteiger partial charge in [-0.15, -0.1) is 0 Å². The van der Waals surface area contributed by atoms with E-state index in [1.807, 2.05) is 35.2 Å². The van der Waals surface area contributed by atoms with Crippen molar-refractivity contribution >= 4 is 55.7 Å². The molecular formula is C19H18Cl2N2O3S2. The molecule has 0 aliphatic carbocycles. The van der Waals surface area contributed by atoms with Crippen LogP contribution in [0.1, 0.15) is 0 Å². The molecule has 0 unspecified atom stereocenters.